The van der Waals surface area contributed by atoms with Crippen LogP contribution in [0.3, 0.4) is 0 Å². The Morgan fingerprint density at radius 1 is 1.04 bits per heavy atom. The van der Waals surface area contributed by atoms with Crippen molar-refractivity contribution in [1.29, 1.82) is 0 Å². The molecule has 0 spiro atoms. The lowest BCUT2D eigenvalue weighted by Gasteiger charge is -2.26. The molecule has 1 aromatic carbocycles. The minimum absolute atomic E-state index is 0.0230. The Labute approximate surface area is 155 Å². The van der Waals surface area contributed by atoms with E-state index in [9.17, 15) is 16.8 Å². The molecule has 1 saturated heterocycles. The Balaban J connectivity index is 1.78. The van der Waals surface area contributed by atoms with Gasteiger partial charge in [-0.2, -0.15) is 4.31 Å². The van der Waals surface area contributed by atoms with Gasteiger partial charge in [-0.05, 0) is 44.0 Å². The van der Waals surface area contributed by atoms with Crippen molar-refractivity contribution in [2.24, 2.45) is 0 Å². The van der Waals surface area contributed by atoms with Gasteiger partial charge < -0.3 is 5.32 Å². The fourth-order valence-corrected chi connectivity index (χ4v) is 5.88. The molecule has 2 heterocycles. The van der Waals surface area contributed by atoms with Crippen LogP contribution in [0, 0.1) is 0 Å². The number of sulfonamides is 2. The molecule has 1 fully saturated rings. The topological polar surface area (TPSA) is 95.6 Å². The highest BCUT2D eigenvalue weighted by atomic mass is 32.2. The summed E-state index contributed by atoms with van der Waals surface area (Å²) in [7, 11) is -7.43. The molecule has 0 atom stereocenters. The number of nitrogens with one attached hydrogen (secondary N) is 2. The first kappa shape index (κ1) is 19.5. The molecule has 2 aliphatic rings. The summed E-state index contributed by atoms with van der Waals surface area (Å²) in [5.74, 6) is 0. The SMILES string of the molecule is O=S(=O)(NCC1=CCNCC1)c1cccc(S(=O)(=O)N2CCCCC2)c1. The van der Waals surface area contributed by atoms with Crippen molar-refractivity contribution in [3.63, 3.8) is 0 Å². The highest BCUT2D eigenvalue weighted by molar-refractivity contribution is 7.90. The zero-order chi connectivity index (χ0) is 18.6. The van der Waals surface area contributed by atoms with Gasteiger partial charge in [0.15, 0.2) is 0 Å². The molecule has 144 valence electrons. The third-order valence-electron chi connectivity index (χ3n) is 4.72. The Bertz CT molecular complexity index is 873. The largest absolute Gasteiger partial charge is 0.313 e. The third-order valence-corrected chi connectivity index (χ3v) is 8.01. The summed E-state index contributed by atoms with van der Waals surface area (Å²) in [6.07, 6.45) is 5.47. The van der Waals surface area contributed by atoms with Gasteiger partial charge in [0, 0.05) is 26.2 Å². The zero-order valence-electron chi connectivity index (χ0n) is 14.6. The average molecular weight is 400 g/mol. The van der Waals surface area contributed by atoms with E-state index >= 15 is 0 Å². The highest BCUT2D eigenvalue weighted by Gasteiger charge is 2.27. The Morgan fingerprint density at radius 3 is 2.46 bits per heavy atom. The minimum Gasteiger partial charge on any atom is -0.313 e. The van der Waals surface area contributed by atoms with E-state index in [-0.39, 0.29) is 16.3 Å². The molecule has 0 bridgehead atoms. The molecule has 2 N–H and O–H groups in total. The molecule has 0 amide bonds. The molecule has 0 unspecified atom stereocenters. The second-order valence-electron chi connectivity index (χ2n) is 6.58. The van der Waals surface area contributed by atoms with Crippen LogP contribution < -0.4 is 10.0 Å². The molecular formula is C17H25N3O4S2. The first-order chi connectivity index (χ1) is 12.4. The third kappa shape index (κ3) is 4.52. The maximum atomic E-state index is 12.8. The van der Waals surface area contributed by atoms with Gasteiger partial charge in [0.2, 0.25) is 20.0 Å². The van der Waals surface area contributed by atoms with Crippen LogP contribution in [0.15, 0.2) is 45.7 Å². The number of hydrogen-bond acceptors (Lipinski definition) is 5. The summed E-state index contributed by atoms with van der Waals surface area (Å²) in [5, 5.41) is 3.17. The van der Waals surface area contributed by atoms with Crippen molar-refractivity contribution >= 4 is 20.0 Å². The van der Waals surface area contributed by atoms with Gasteiger partial charge in [-0.15, -0.1) is 0 Å². The number of hydrogen-bond donors (Lipinski definition) is 2. The van der Waals surface area contributed by atoms with Crippen LogP contribution in [0.5, 0.6) is 0 Å². The summed E-state index contributed by atoms with van der Waals surface area (Å²) in [4.78, 5) is 0.00785. The molecule has 7 nitrogen and oxygen atoms in total. The van der Waals surface area contributed by atoms with Gasteiger partial charge in [0.05, 0.1) is 9.79 Å². The number of benzene rings is 1. The molecule has 3 rings (SSSR count). The van der Waals surface area contributed by atoms with E-state index in [1.165, 1.54) is 28.6 Å². The minimum atomic E-state index is -3.77. The molecule has 0 radical (unpaired) electrons. The van der Waals surface area contributed by atoms with Crippen molar-refractivity contribution in [3.8, 4) is 0 Å². The summed E-state index contributed by atoms with van der Waals surface area (Å²) in [6, 6.07) is 5.62. The van der Waals surface area contributed by atoms with Crippen LogP contribution in [0.2, 0.25) is 0 Å². The first-order valence-electron chi connectivity index (χ1n) is 8.88. The number of piperidine rings is 1. The fourth-order valence-electron chi connectivity index (χ4n) is 3.16. The zero-order valence-corrected chi connectivity index (χ0v) is 16.3. The van der Waals surface area contributed by atoms with Crippen molar-refractivity contribution in [1.82, 2.24) is 14.3 Å². The van der Waals surface area contributed by atoms with Crippen LogP contribution in [-0.4, -0.2) is 53.9 Å². The molecule has 9 heteroatoms. The molecule has 0 aliphatic carbocycles. The second kappa shape index (κ2) is 8.18. The van der Waals surface area contributed by atoms with E-state index in [2.05, 4.69) is 10.0 Å². The quantitative estimate of drug-likeness (QED) is 0.698. The van der Waals surface area contributed by atoms with E-state index in [1.807, 2.05) is 6.08 Å². The number of rotatable bonds is 6. The van der Waals surface area contributed by atoms with Crippen LogP contribution in [-0.2, 0) is 20.0 Å². The van der Waals surface area contributed by atoms with Gasteiger partial charge in [0.25, 0.3) is 0 Å². The second-order valence-corrected chi connectivity index (χ2v) is 10.3. The van der Waals surface area contributed by atoms with E-state index in [1.54, 1.807) is 0 Å². The Morgan fingerprint density at radius 2 is 1.77 bits per heavy atom. The van der Waals surface area contributed by atoms with Crippen LogP contribution in [0.25, 0.3) is 0 Å². The molecule has 26 heavy (non-hydrogen) atoms. The van der Waals surface area contributed by atoms with Gasteiger partial charge in [-0.25, -0.2) is 21.6 Å². The fraction of sp³-hybridized carbons (Fsp3) is 0.529. The Kier molecular flexibility index (Phi) is 6.13. The molecule has 0 saturated carbocycles. The van der Waals surface area contributed by atoms with Crippen molar-refractivity contribution in [2.45, 2.75) is 35.5 Å². The van der Waals surface area contributed by atoms with E-state index < -0.39 is 20.0 Å². The van der Waals surface area contributed by atoms with Crippen molar-refractivity contribution < 1.29 is 16.8 Å². The summed E-state index contributed by atoms with van der Waals surface area (Å²) >= 11 is 0. The van der Waals surface area contributed by atoms with Gasteiger partial charge in [0.1, 0.15) is 0 Å². The van der Waals surface area contributed by atoms with Crippen molar-refractivity contribution in [3.05, 3.63) is 35.9 Å². The van der Waals surface area contributed by atoms with Crippen LogP contribution in [0.4, 0.5) is 0 Å². The smallest absolute Gasteiger partial charge is 0.243 e. The maximum absolute atomic E-state index is 12.8. The Hall–Kier alpha value is -1.26. The summed E-state index contributed by atoms with van der Waals surface area (Å²) in [6.45, 7) is 2.78. The van der Waals surface area contributed by atoms with E-state index in [4.69, 9.17) is 0 Å². The molecule has 2 aliphatic heterocycles. The molecule has 1 aromatic rings. The maximum Gasteiger partial charge on any atom is 0.243 e. The number of nitrogens with zero attached hydrogens (tertiary/aromatic N) is 1. The lowest BCUT2D eigenvalue weighted by molar-refractivity contribution is 0.346. The first-order valence-corrected chi connectivity index (χ1v) is 11.8. The predicted octanol–water partition coefficient (Wildman–Crippen LogP) is 1.06. The van der Waals surface area contributed by atoms with E-state index in [0.717, 1.165) is 44.3 Å². The lowest BCUT2D eigenvalue weighted by atomic mass is 10.1. The van der Waals surface area contributed by atoms with Crippen molar-refractivity contribution in [2.75, 3.05) is 32.7 Å². The monoisotopic (exact) mass is 399 g/mol. The standard InChI is InChI=1S/C17H25N3O4S2/c21-25(22,19-14-15-7-9-18-10-8-15)16-5-4-6-17(13-16)26(23,24)20-11-2-1-3-12-20/h4-7,13,18-19H,1-3,8-12,14H2. The normalized spacial score (nSPS) is 19.9. The highest BCUT2D eigenvalue weighted by Crippen LogP contribution is 2.22. The van der Waals surface area contributed by atoms with Gasteiger partial charge in [-0.1, -0.05) is 24.1 Å². The van der Waals surface area contributed by atoms with Crippen LogP contribution in [0.1, 0.15) is 25.7 Å². The molecular weight excluding hydrogens is 374 g/mol. The average Bonchev–Trinajstić information content (AvgIpc) is 2.68. The predicted molar refractivity (Wildman–Crippen MR) is 99.8 cm³/mol. The van der Waals surface area contributed by atoms with Gasteiger partial charge in [-0.3, -0.25) is 0 Å². The van der Waals surface area contributed by atoms with Gasteiger partial charge >= 0.3 is 0 Å². The summed E-state index contributed by atoms with van der Waals surface area (Å²) < 4.78 is 54.7. The molecule has 0 aromatic heterocycles. The lowest BCUT2D eigenvalue weighted by Crippen LogP contribution is -2.35. The summed E-state index contributed by atoms with van der Waals surface area (Å²) in [5.41, 5.74) is 1.03. The van der Waals surface area contributed by atoms with Crippen LogP contribution >= 0.6 is 0 Å². The van der Waals surface area contributed by atoms with E-state index in [0.29, 0.717) is 13.1 Å².